The quantitative estimate of drug-likeness (QED) is 0.686. The van der Waals surface area contributed by atoms with Crippen LogP contribution in [0.15, 0.2) is 0 Å². The van der Waals surface area contributed by atoms with E-state index in [0.29, 0.717) is 0 Å². The number of amides is 1. The van der Waals surface area contributed by atoms with E-state index in [-0.39, 0.29) is 18.6 Å². The second kappa shape index (κ2) is 8.48. The standard InChI is InChI=1S/C13H26N2O2/c1-12(2)17-11-13(16)14-7-6-10-15-8-4-3-5-9-15/h12H,3-11H2,1-2H3,(H,14,16). The molecule has 1 aliphatic rings. The maximum Gasteiger partial charge on any atom is 0.246 e. The number of likely N-dealkylation sites (tertiary alicyclic amines) is 1. The average Bonchev–Trinajstić information content (AvgIpc) is 2.33. The Morgan fingerprint density at radius 1 is 1.29 bits per heavy atom. The molecule has 0 atom stereocenters. The van der Waals surface area contributed by atoms with Crippen LogP contribution in [0.5, 0.6) is 0 Å². The molecule has 1 aliphatic heterocycles. The van der Waals surface area contributed by atoms with Crippen LogP contribution in [0.1, 0.15) is 39.5 Å². The Labute approximate surface area is 105 Å². The van der Waals surface area contributed by atoms with Crippen molar-refractivity contribution in [3.05, 3.63) is 0 Å². The van der Waals surface area contributed by atoms with Gasteiger partial charge >= 0.3 is 0 Å². The van der Waals surface area contributed by atoms with Gasteiger partial charge in [-0.1, -0.05) is 6.42 Å². The van der Waals surface area contributed by atoms with Crippen LogP contribution >= 0.6 is 0 Å². The van der Waals surface area contributed by atoms with E-state index in [1.165, 1.54) is 32.4 Å². The fraction of sp³-hybridized carbons (Fsp3) is 0.923. The van der Waals surface area contributed by atoms with Crippen LogP contribution < -0.4 is 5.32 Å². The topological polar surface area (TPSA) is 41.6 Å². The third kappa shape index (κ3) is 7.34. The molecule has 4 nitrogen and oxygen atoms in total. The van der Waals surface area contributed by atoms with E-state index in [0.717, 1.165) is 19.5 Å². The predicted molar refractivity (Wildman–Crippen MR) is 69.0 cm³/mol. The van der Waals surface area contributed by atoms with Gasteiger partial charge in [0.05, 0.1) is 6.10 Å². The molecule has 0 aromatic rings. The number of carbonyl (C=O) groups is 1. The van der Waals surface area contributed by atoms with Crippen molar-refractivity contribution in [1.29, 1.82) is 0 Å². The van der Waals surface area contributed by atoms with E-state index in [1.807, 2.05) is 13.8 Å². The van der Waals surface area contributed by atoms with Gasteiger partial charge in [0.25, 0.3) is 0 Å². The zero-order valence-electron chi connectivity index (χ0n) is 11.2. The summed E-state index contributed by atoms with van der Waals surface area (Å²) in [7, 11) is 0. The number of nitrogens with zero attached hydrogens (tertiary/aromatic N) is 1. The van der Waals surface area contributed by atoms with Crippen molar-refractivity contribution in [2.45, 2.75) is 45.6 Å². The summed E-state index contributed by atoms with van der Waals surface area (Å²) in [6.07, 6.45) is 5.19. The summed E-state index contributed by atoms with van der Waals surface area (Å²) >= 11 is 0. The number of carbonyl (C=O) groups excluding carboxylic acids is 1. The third-order valence-corrected chi connectivity index (χ3v) is 2.97. The fourth-order valence-electron chi connectivity index (χ4n) is 2.01. The maximum absolute atomic E-state index is 11.3. The van der Waals surface area contributed by atoms with Crippen LogP contribution in [0.2, 0.25) is 0 Å². The lowest BCUT2D eigenvalue weighted by Crippen LogP contribution is -2.34. The normalized spacial score (nSPS) is 17.4. The van der Waals surface area contributed by atoms with E-state index in [9.17, 15) is 4.79 Å². The van der Waals surface area contributed by atoms with E-state index in [2.05, 4.69) is 10.2 Å². The second-order valence-electron chi connectivity index (χ2n) is 4.97. The smallest absolute Gasteiger partial charge is 0.246 e. The molecule has 0 bridgehead atoms. The molecular formula is C13H26N2O2. The molecule has 4 heteroatoms. The molecule has 1 rings (SSSR count). The van der Waals surface area contributed by atoms with Gasteiger partial charge in [0.15, 0.2) is 0 Å². The molecule has 0 aromatic heterocycles. The number of nitrogens with one attached hydrogen (secondary N) is 1. The van der Waals surface area contributed by atoms with Crippen molar-refractivity contribution in [2.75, 3.05) is 32.8 Å². The van der Waals surface area contributed by atoms with E-state index >= 15 is 0 Å². The first kappa shape index (κ1) is 14.5. The number of piperidine rings is 1. The van der Waals surface area contributed by atoms with Crippen molar-refractivity contribution in [3.63, 3.8) is 0 Å². The molecule has 1 amide bonds. The minimum Gasteiger partial charge on any atom is -0.369 e. The Hall–Kier alpha value is -0.610. The summed E-state index contributed by atoms with van der Waals surface area (Å²) < 4.78 is 5.23. The fourth-order valence-corrected chi connectivity index (χ4v) is 2.01. The van der Waals surface area contributed by atoms with Gasteiger partial charge in [-0.15, -0.1) is 0 Å². The highest BCUT2D eigenvalue weighted by atomic mass is 16.5. The molecule has 17 heavy (non-hydrogen) atoms. The maximum atomic E-state index is 11.3. The minimum atomic E-state index is -0.00246. The molecule has 1 fully saturated rings. The molecule has 100 valence electrons. The molecule has 0 saturated carbocycles. The zero-order chi connectivity index (χ0) is 12.5. The van der Waals surface area contributed by atoms with E-state index in [4.69, 9.17) is 4.74 Å². The van der Waals surface area contributed by atoms with Gasteiger partial charge in [-0.05, 0) is 52.7 Å². The second-order valence-corrected chi connectivity index (χ2v) is 4.97. The van der Waals surface area contributed by atoms with Crippen molar-refractivity contribution in [1.82, 2.24) is 10.2 Å². The van der Waals surface area contributed by atoms with Crippen LogP contribution in [0, 0.1) is 0 Å². The van der Waals surface area contributed by atoms with Crippen molar-refractivity contribution >= 4 is 5.91 Å². The van der Waals surface area contributed by atoms with Crippen LogP contribution in [0.25, 0.3) is 0 Å². The lowest BCUT2D eigenvalue weighted by atomic mass is 10.1. The Morgan fingerprint density at radius 2 is 2.00 bits per heavy atom. The molecule has 0 unspecified atom stereocenters. The monoisotopic (exact) mass is 242 g/mol. The Kier molecular flexibility index (Phi) is 7.21. The number of hydrogen-bond donors (Lipinski definition) is 1. The lowest BCUT2D eigenvalue weighted by molar-refractivity contribution is -0.127. The third-order valence-electron chi connectivity index (χ3n) is 2.97. The summed E-state index contributed by atoms with van der Waals surface area (Å²) in [4.78, 5) is 13.8. The van der Waals surface area contributed by atoms with E-state index in [1.54, 1.807) is 0 Å². The van der Waals surface area contributed by atoms with Gasteiger partial charge in [-0.3, -0.25) is 4.79 Å². The first-order valence-electron chi connectivity index (χ1n) is 6.79. The average molecular weight is 242 g/mol. The summed E-state index contributed by atoms with van der Waals surface area (Å²) in [6.45, 7) is 8.37. The van der Waals surface area contributed by atoms with Crippen LogP contribution in [-0.4, -0.2) is 49.7 Å². The van der Waals surface area contributed by atoms with E-state index < -0.39 is 0 Å². The van der Waals surface area contributed by atoms with Gasteiger partial charge < -0.3 is 15.0 Å². The minimum absolute atomic E-state index is 0.00246. The largest absolute Gasteiger partial charge is 0.369 e. The highest BCUT2D eigenvalue weighted by Gasteiger charge is 2.09. The molecule has 1 heterocycles. The summed E-state index contributed by atoms with van der Waals surface area (Å²) in [5, 5.41) is 2.89. The van der Waals surface area contributed by atoms with Gasteiger partial charge in [0.1, 0.15) is 6.61 Å². The first-order valence-corrected chi connectivity index (χ1v) is 6.79. The number of ether oxygens (including phenoxy) is 1. The van der Waals surface area contributed by atoms with Crippen molar-refractivity contribution in [3.8, 4) is 0 Å². The highest BCUT2D eigenvalue weighted by Crippen LogP contribution is 2.08. The molecular weight excluding hydrogens is 216 g/mol. The van der Waals surface area contributed by atoms with Crippen molar-refractivity contribution < 1.29 is 9.53 Å². The predicted octanol–water partition coefficient (Wildman–Crippen LogP) is 1.40. The van der Waals surface area contributed by atoms with Crippen LogP contribution in [0.4, 0.5) is 0 Å². The Morgan fingerprint density at radius 3 is 2.65 bits per heavy atom. The van der Waals surface area contributed by atoms with Crippen LogP contribution in [0.3, 0.4) is 0 Å². The lowest BCUT2D eigenvalue weighted by Gasteiger charge is -2.26. The van der Waals surface area contributed by atoms with Gasteiger partial charge in [0.2, 0.25) is 5.91 Å². The van der Waals surface area contributed by atoms with Gasteiger partial charge in [-0.2, -0.15) is 0 Å². The molecule has 0 aliphatic carbocycles. The summed E-state index contributed by atoms with van der Waals surface area (Å²) in [5.41, 5.74) is 0. The Bertz CT molecular complexity index is 213. The summed E-state index contributed by atoms with van der Waals surface area (Å²) in [5.74, 6) is -0.00246. The molecule has 0 spiro atoms. The molecule has 1 saturated heterocycles. The highest BCUT2D eigenvalue weighted by molar-refractivity contribution is 5.77. The number of rotatable bonds is 7. The van der Waals surface area contributed by atoms with Gasteiger partial charge in [-0.25, -0.2) is 0 Å². The first-order chi connectivity index (χ1) is 8.18. The SMILES string of the molecule is CC(C)OCC(=O)NCCCN1CCCCC1. The molecule has 0 aromatic carbocycles. The van der Waals surface area contributed by atoms with Crippen molar-refractivity contribution in [2.24, 2.45) is 0 Å². The van der Waals surface area contributed by atoms with Crippen LogP contribution in [-0.2, 0) is 9.53 Å². The number of hydrogen-bond acceptors (Lipinski definition) is 3. The zero-order valence-corrected chi connectivity index (χ0v) is 11.2. The summed E-state index contributed by atoms with van der Waals surface area (Å²) in [6, 6.07) is 0. The Balaban J connectivity index is 1.94. The molecule has 0 radical (unpaired) electrons. The van der Waals surface area contributed by atoms with Gasteiger partial charge in [0, 0.05) is 6.54 Å². The molecule has 1 N–H and O–H groups in total.